The van der Waals surface area contributed by atoms with Crippen molar-refractivity contribution in [2.45, 2.75) is 18.6 Å². The number of halogens is 1. The second-order valence-electron chi connectivity index (χ2n) is 4.90. The Balaban J connectivity index is 1.84. The molecule has 2 atom stereocenters. The van der Waals surface area contributed by atoms with Gasteiger partial charge in [0.25, 0.3) is 0 Å². The van der Waals surface area contributed by atoms with Crippen LogP contribution in [0.25, 0.3) is 0 Å². The van der Waals surface area contributed by atoms with Gasteiger partial charge in [0.05, 0.1) is 19.8 Å². The molecule has 0 bridgehead atoms. The molecule has 1 aliphatic heterocycles. The van der Waals surface area contributed by atoms with Crippen LogP contribution in [0.1, 0.15) is 6.92 Å². The zero-order chi connectivity index (χ0) is 13.7. The van der Waals surface area contributed by atoms with Gasteiger partial charge in [-0.2, -0.15) is 0 Å². The summed E-state index contributed by atoms with van der Waals surface area (Å²) in [7, 11) is 1.66. The molecule has 0 saturated carbocycles. The van der Waals surface area contributed by atoms with Crippen molar-refractivity contribution in [1.29, 1.82) is 0 Å². The van der Waals surface area contributed by atoms with Crippen LogP contribution in [-0.2, 0) is 14.2 Å². The molecule has 1 fully saturated rings. The molecule has 4 nitrogen and oxygen atoms in total. The molecule has 0 amide bonds. The van der Waals surface area contributed by atoms with Crippen molar-refractivity contribution >= 4 is 15.9 Å². The Hall–Kier alpha value is -0.620. The van der Waals surface area contributed by atoms with Crippen LogP contribution < -0.4 is 4.74 Å². The average Bonchev–Trinajstić information content (AvgIpc) is 2.38. The smallest absolute Gasteiger partial charge is 0.119 e. The van der Waals surface area contributed by atoms with E-state index < -0.39 is 0 Å². The van der Waals surface area contributed by atoms with Gasteiger partial charge in [0.2, 0.25) is 0 Å². The summed E-state index contributed by atoms with van der Waals surface area (Å²) in [6, 6.07) is 7.73. The molecule has 0 aromatic heterocycles. The fourth-order valence-corrected chi connectivity index (χ4v) is 2.32. The van der Waals surface area contributed by atoms with Crippen LogP contribution in [0.3, 0.4) is 0 Å². The molecule has 1 aliphatic rings. The van der Waals surface area contributed by atoms with Crippen molar-refractivity contribution < 1.29 is 18.9 Å². The van der Waals surface area contributed by atoms with Gasteiger partial charge in [-0.25, -0.2) is 0 Å². The minimum atomic E-state index is -0.388. The Bertz CT molecular complexity index is 391. The lowest BCUT2D eigenvalue weighted by molar-refractivity contribution is -0.213. The molecule has 0 unspecified atom stereocenters. The Morgan fingerprint density at radius 1 is 1.37 bits per heavy atom. The lowest BCUT2D eigenvalue weighted by atomic mass is 10.1. The van der Waals surface area contributed by atoms with Crippen LogP contribution in [0.4, 0.5) is 0 Å². The predicted molar refractivity (Wildman–Crippen MR) is 75.6 cm³/mol. The van der Waals surface area contributed by atoms with E-state index >= 15 is 0 Å². The number of hydrogen-bond donors (Lipinski definition) is 0. The molecular formula is C14H19BrO4. The first-order chi connectivity index (χ1) is 9.11. The highest BCUT2D eigenvalue weighted by molar-refractivity contribution is 9.10. The molecule has 0 N–H and O–H groups in total. The third-order valence-electron chi connectivity index (χ3n) is 2.86. The highest BCUT2D eigenvalue weighted by Crippen LogP contribution is 2.21. The van der Waals surface area contributed by atoms with E-state index in [1.165, 1.54) is 0 Å². The van der Waals surface area contributed by atoms with Gasteiger partial charge < -0.3 is 18.9 Å². The average molecular weight is 331 g/mol. The molecule has 0 radical (unpaired) electrons. The summed E-state index contributed by atoms with van der Waals surface area (Å²) in [5.41, 5.74) is -0.388. The van der Waals surface area contributed by atoms with Gasteiger partial charge in [-0.15, -0.1) is 0 Å². The number of methoxy groups -OCH3 is 1. The summed E-state index contributed by atoms with van der Waals surface area (Å²) < 4.78 is 23.4. The highest BCUT2D eigenvalue weighted by atomic mass is 79.9. The molecule has 1 saturated heterocycles. The van der Waals surface area contributed by atoms with E-state index in [9.17, 15) is 0 Å². The minimum Gasteiger partial charge on any atom is -0.491 e. The van der Waals surface area contributed by atoms with Crippen molar-refractivity contribution in [3.63, 3.8) is 0 Å². The summed E-state index contributed by atoms with van der Waals surface area (Å²) in [5.74, 6) is 0.825. The van der Waals surface area contributed by atoms with E-state index in [2.05, 4.69) is 15.9 Å². The molecular weight excluding hydrogens is 312 g/mol. The molecule has 1 aromatic rings. The van der Waals surface area contributed by atoms with Crippen LogP contribution in [-0.4, -0.2) is 45.2 Å². The number of rotatable bonds is 5. The van der Waals surface area contributed by atoms with Crippen molar-refractivity contribution in [2.75, 3.05) is 33.5 Å². The quantitative estimate of drug-likeness (QED) is 0.831. The molecule has 1 heterocycles. The molecule has 1 aromatic carbocycles. The van der Waals surface area contributed by atoms with Gasteiger partial charge in [0, 0.05) is 11.6 Å². The van der Waals surface area contributed by atoms with Crippen molar-refractivity contribution in [3.05, 3.63) is 28.7 Å². The summed E-state index contributed by atoms with van der Waals surface area (Å²) in [6.45, 7) is 4.08. The Morgan fingerprint density at radius 2 is 2.11 bits per heavy atom. The lowest BCUT2D eigenvalue weighted by Crippen LogP contribution is -2.50. The Kier molecular flexibility index (Phi) is 5.21. The normalized spacial score (nSPS) is 27.2. The number of ether oxygens (including phenoxy) is 4. The van der Waals surface area contributed by atoms with Gasteiger partial charge in [0.1, 0.15) is 24.1 Å². The van der Waals surface area contributed by atoms with Crippen molar-refractivity contribution in [3.8, 4) is 5.75 Å². The summed E-state index contributed by atoms with van der Waals surface area (Å²) >= 11 is 3.39. The Morgan fingerprint density at radius 3 is 2.79 bits per heavy atom. The van der Waals surface area contributed by atoms with Crippen LogP contribution in [0.15, 0.2) is 28.7 Å². The topological polar surface area (TPSA) is 36.9 Å². The SMILES string of the molecule is COC[C@@]1(C)COC[C@H](COc2ccc(Br)cc2)O1. The fraction of sp³-hybridized carbons (Fsp3) is 0.571. The third-order valence-corrected chi connectivity index (χ3v) is 3.39. The van der Waals surface area contributed by atoms with E-state index in [-0.39, 0.29) is 11.7 Å². The monoisotopic (exact) mass is 330 g/mol. The largest absolute Gasteiger partial charge is 0.491 e. The molecule has 2 rings (SSSR count). The van der Waals surface area contributed by atoms with E-state index in [0.29, 0.717) is 26.4 Å². The minimum absolute atomic E-state index is 0.0717. The van der Waals surface area contributed by atoms with Crippen LogP contribution in [0, 0.1) is 0 Å². The first kappa shape index (κ1) is 14.8. The Labute approximate surface area is 122 Å². The van der Waals surface area contributed by atoms with E-state index in [1.807, 2.05) is 31.2 Å². The maximum absolute atomic E-state index is 5.98. The fourth-order valence-electron chi connectivity index (χ4n) is 2.06. The second-order valence-corrected chi connectivity index (χ2v) is 5.82. The lowest BCUT2D eigenvalue weighted by Gasteiger charge is -2.37. The van der Waals surface area contributed by atoms with Gasteiger partial charge in [-0.1, -0.05) is 15.9 Å². The van der Waals surface area contributed by atoms with Gasteiger partial charge >= 0.3 is 0 Å². The zero-order valence-electron chi connectivity index (χ0n) is 11.2. The van der Waals surface area contributed by atoms with Crippen LogP contribution in [0.5, 0.6) is 5.75 Å². The maximum Gasteiger partial charge on any atom is 0.119 e. The van der Waals surface area contributed by atoms with E-state index in [1.54, 1.807) is 7.11 Å². The van der Waals surface area contributed by atoms with Crippen molar-refractivity contribution in [1.82, 2.24) is 0 Å². The standard InChI is InChI=1S/C14H19BrO4/c1-14(9-16-2)10-17-7-13(19-14)8-18-12-5-3-11(15)4-6-12/h3-6,13H,7-10H2,1-2H3/t13-,14+/m1/s1. The summed E-state index contributed by atoms with van der Waals surface area (Å²) in [4.78, 5) is 0. The molecule has 0 aliphatic carbocycles. The third kappa shape index (κ3) is 4.45. The zero-order valence-corrected chi connectivity index (χ0v) is 12.8. The van der Waals surface area contributed by atoms with Crippen molar-refractivity contribution in [2.24, 2.45) is 0 Å². The molecule has 106 valence electrons. The predicted octanol–water partition coefficient (Wildman–Crippen LogP) is 2.65. The highest BCUT2D eigenvalue weighted by Gasteiger charge is 2.34. The first-order valence-electron chi connectivity index (χ1n) is 6.24. The van der Waals surface area contributed by atoms with Crippen LogP contribution in [0.2, 0.25) is 0 Å². The van der Waals surface area contributed by atoms with E-state index in [4.69, 9.17) is 18.9 Å². The first-order valence-corrected chi connectivity index (χ1v) is 7.03. The van der Waals surface area contributed by atoms with Gasteiger partial charge in [-0.3, -0.25) is 0 Å². The number of hydrogen-bond acceptors (Lipinski definition) is 4. The molecule has 0 spiro atoms. The summed E-state index contributed by atoms with van der Waals surface area (Å²) in [6.07, 6.45) is -0.0717. The molecule has 5 heteroatoms. The van der Waals surface area contributed by atoms with E-state index in [0.717, 1.165) is 10.2 Å². The van der Waals surface area contributed by atoms with Gasteiger partial charge in [-0.05, 0) is 31.2 Å². The number of benzene rings is 1. The maximum atomic E-state index is 5.98. The van der Waals surface area contributed by atoms with Crippen LogP contribution >= 0.6 is 15.9 Å². The summed E-state index contributed by atoms with van der Waals surface area (Å²) in [5, 5.41) is 0. The second kappa shape index (κ2) is 6.70. The molecule has 19 heavy (non-hydrogen) atoms. The van der Waals surface area contributed by atoms with Gasteiger partial charge in [0.15, 0.2) is 0 Å².